The number of halogens is 1. The highest BCUT2D eigenvalue weighted by Crippen LogP contribution is 2.30. The molecule has 1 saturated carbocycles. The van der Waals surface area contributed by atoms with E-state index in [1.807, 2.05) is 0 Å². The molecule has 1 fully saturated rings. The third kappa shape index (κ3) is 3.46. The van der Waals surface area contributed by atoms with Crippen LogP contribution >= 0.6 is 0 Å². The minimum Gasteiger partial charge on any atom is -0.478 e. The molecule has 0 spiro atoms. The second kappa shape index (κ2) is 6.68. The second-order valence-electron chi connectivity index (χ2n) is 5.50. The summed E-state index contributed by atoms with van der Waals surface area (Å²) in [5.41, 5.74) is -0.336. The third-order valence-corrected chi connectivity index (χ3v) is 4.22. The number of carboxylic acids is 1. The molecule has 1 aromatic heterocycles. The molecule has 4 nitrogen and oxygen atoms in total. The monoisotopic (exact) mass is 280 g/mol. The molecule has 0 radical (unpaired) electrons. The Balaban J connectivity index is 1.92. The largest absolute Gasteiger partial charge is 0.478 e. The summed E-state index contributed by atoms with van der Waals surface area (Å²) in [6, 6.07) is 1.18. The Bertz CT molecular complexity index is 471. The highest BCUT2D eigenvalue weighted by atomic mass is 19.1. The quantitative estimate of drug-likeness (QED) is 0.866. The highest BCUT2D eigenvalue weighted by molar-refractivity contribution is 5.88. The SMILES string of the molecule is CCC1CCC(CNc2nccc(C(=O)O)c2F)CC1. The Morgan fingerprint density at radius 2 is 2.05 bits per heavy atom. The van der Waals surface area contributed by atoms with Gasteiger partial charge in [0, 0.05) is 12.7 Å². The smallest absolute Gasteiger partial charge is 0.338 e. The molecule has 2 rings (SSSR count). The van der Waals surface area contributed by atoms with Crippen molar-refractivity contribution in [1.29, 1.82) is 0 Å². The first kappa shape index (κ1) is 14.8. The summed E-state index contributed by atoms with van der Waals surface area (Å²) in [4.78, 5) is 14.7. The maximum absolute atomic E-state index is 13.9. The zero-order valence-corrected chi connectivity index (χ0v) is 11.7. The van der Waals surface area contributed by atoms with E-state index in [2.05, 4.69) is 17.2 Å². The minimum atomic E-state index is -1.27. The summed E-state index contributed by atoms with van der Waals surface area (Å²) in [5, 5.41) is 11.8. The fourth-order valence-corrected chi connectivity index (χ4v) is 2.82. The predicted octanol–water partition coefficient (Wildman–Crippen LogP) is 3.55. The minimum absolute atomic E-state index is 0.0440. The van der Waals surface area contributed by atoms with Crippen LogP contribution in [0.5, 0.6) is 0 Å². The van der Waals surface area contributed by atoms with E-state index in [4.69, 9.17) is 5.11 Å². The lowest BCUT2D eigenvalue weighted by Gasteiger charge is -2.28. The average molecular weight is 280 g/mol. The van der Waals surface area contributed by atoms with Crippen LogP contribution < -0.4 is 5.32 Å². The molecule has 0 saturated heterocycles. The number of carboxylic acid groups (broad SMARTS) is 1. The molecule has 0 amide bonds. The van der Waals surface area contributed by atoms with Gasteiger partial charge in [-0.2, -0.15) is 0 Å². The topological polar surface area (TPSA) is 62.2 Å². The first-order valence-electron chi connectivity index (χ1n) is 7.23. The van der Waals surface area contributed by atoms with Crippen LogP contribution in [0.4, 0.5) is 10.2 Å². The van der Waals surface area contributed by atoms with E-state index in [0.717, 1.165) is 18.8 Å². The molecular weight excluding hydrogens is 259 g/mol. The number of hydrogen-bond donors (Lipinski definition) is 2. The standard InChI is InChI=1S/C15H21FN2O2/c1-2-10-3-5-11(6-4-10)9-18-14-13(16)12(15(19)20)7-8-17-14/h7-8,10-11H,2-6,9H2,1H3,(H,17,18)(H,19,20). The van der Waals surface area contributed by atoms with Crippen molar-refractivity contribution in [2.75, 3.05) is 11.9 Å². The van der Waals surface area contributed by atoms with Crippen LogP contribution in [-0.4, -0.2) is 22.6 Å². The molecule has 2 N–H and O–H groups in total. The summed E-state index contributed by atoms with van der Waals surface area (Å²) in [6.45, 7) is 2.88. The molecule has 0 bridgehead atoms. The van der Waals surface area contributed by atoms with Crippen molar-refractivity contribution in [3.63, 3.8) is 0 Å². The van der Waals surface area contributed by atoms with Crippen LogP contribution in [0.3, 0.4) is 0 Å². The molecule has 0 unspecified atom stereocenters. The fourth-order valence-electron chi connectivity index (χ4n) is 2.82. The first-order valence-corrected chi connectivity index (χ1v) is 7.23. The number of rotatable bonds is 5. The van der Waals surface area contributed by atoms with Crippen molar-refractivity contribution in [2.45, 2.75) is 39.0 Å². The molecule has 1 aromatic rings. The molecule has 1 aliphatic carbocycles. The molecule has 0 aromatic carbocycles. The van der Waals surface area contributed by atoms with E-state index in [1.54, 1.807) is 0 Å². The Morgan fingerprint density at radius 1 is 1.40 bits per heavy atom. The maximum Gasteiger partial charge on any atom is 0.338 e. The summed E-state index contributed by atoms with van der Waals surface area (Å²) in [6.07, 6.45) is 7.30. The number of anilines is 1. The molecule has 0 atom stereocenters. The number of hydrogen-bond acceptors (Lipinski definition) is 3. The van der Waals surface area contributed by atoms with Crippen LogP contribution in [0.1, 0.15) is 49.4 Å². The van der Waals surface area contributed by atoms with Crippen molar-refractivity contribution in [1.82, 2.24) is 4.98 Å². The number of aromatic carboxylic acids is 1. The summed E-state index contributed by atoms with van der Waals surface area (Å²) < 4.78 is 13.9. The van der Waals surface area contributed by atoms with E-state index in [-0.39, 0.29) is 11.4 Å². The molecular formula is C15H21FN2O2. The highest BCUT2D eigenvalue weighted by Gasteiger charge is 2.21. The lowest BCUT2D eigenvalue weighted by atomic mass is 9.81. The molecule has 20 heavy (non-hydrogen) atoms. The number of aromatic nitrogens is 1. The van der Waals surface area contributed by atoms with Gasteiger partial charge in [-0.15, -0.1) is 0 Å². The lowest BCUT2D eigenvalue weighted by Crippen LogP contribution is -2.22. The molecule has 110 valence electrons. The molecule has 1 heterocycles. The first-order chi connectivity index (χ1) is 9.61. The predicted molar refractivity (Wildman–Crippen MR) is 75.4 cm³/mol. The molecule has 1 aliphatic rings. The second-order valence-corrected chi connectivity index (χ2v) is 5.50. The van der Waals surface area contributed by atoms with E-state index < -0.39 is 11.8 Å². The Labute approximate surface area is 118 Å². The average Bonchev–Trinajstić information content (AvgIpc) is 2.46. The van der Waals surface area contributed by atoms with Crippen LogP contribution in [0, 0.1) is 17.7 Å². The van der Waals surface area contributed by atoms with E-state index in [0.29, 0.717) is 12.5 Å². The van der Waals surface area contributed by atoms with Gasteiger partial charge in [-0.05, 0) is 30.7 Å². The van der Waals surface area contributed by atoms with Gasteiger partial charge in [-0.1, -0.05) is 26.2 Å². The van der Waals surface area contributed by atoms with Crippen LogP contribution in [0.15, 0.2) is 12.3 Å². The van der Waals surface area contributed by atoms with Gasteiger partial charge in [-0.25, -0.2) is 14.2 Å². The Kier molecular flexibility index (Phi) is 4.93. The van der Waals surface area contributed by atoms with Gasteiger partial charge in [0.15, 0.2) is 11.6 Å². The summed E-state index contributed by atoms with van der Waals surface area (Å²) in [7, 11) is 0. The Morgan fingerprint density at radius 3 is 2.65 bits per heavy atom. The van der Waals surface area contributed by atoms with E-state index in [9.17, 15) is 9.18 Å². The Hall–Kier alpha value is -1.65. The van der Waals surface area contributed by atoms with Gasteiger partial charge in [0.25, 0.3) is 0 Å². The van der Waals surface area contributed by atoms with Crippen molar-refractivity contribution >= 4 is 11.8 Å². The zero-order valence-electron chi connectivity index (χ0n) is 11.7. The van der Waals surface area contributed by atoms with Crippen LogP contribution in [0.2, 0.25) is 0 Å². The van der Waals surface area contributed by atoms with Crippen molar-refractivity contribution in [3.05, 3.63) is 23.6 Å². The third-order valence-electron chi connectivity index (χ3n) is 4.22. The number of pyridine rings is 1. The van der Waals surface area contributed by atoms with Gasteiger partial charge in [-0.3, -0.25) is 0 Å². The van der Waals surface area contributed by atoms with Crippen molar-refractivity contribution < 1.29 is 14.3 Å². The fraction of sp³-hybridized carbons (Fsp3) is 0.600. The van der Waals surface area contributed by atoms with Crippen molar-refractivity contribution in [3.8, 4) is 0 Å². The summed E-state index contributed by atoms with van der Waals surface area (Å²) >= 11 is 0. The van der Waals surface area contributed by atoms with Gasteiger partial charge in [0.2, 0.25) is 0 Å². The van der Waals surface area contributed by atoms with Gasteiger partial charge < -0.3 is 10.4 Å². The van der Waals surface area contributed by atoms with Gasteiger partial charge in [0.1, 0.15) is 5.56 Å². The van der Waals surface area contributed by atoms with Crippen LogP contribution in [0.25, 0.3) is 0 Å². The maximum atomic E-state index is 13.9. The number of carbonyl (C=O) groups is 1. The van der Waals surface area contributed by atoms with E-state index in [1.165, 1.54) is 31.5 Å². The zero-order chi connectivity index (χ0) is 14.5. The number of nitrogens with one attached hydrogen (secondary N) is 1. The van der Waals surface area contributed by atoms with Crippen molar-refractivity contribution in [2.24, 2.45) is 11.8 Å². The molecule has 0 aliphatic heterocycles. The lowest BCUT2D eigenvalue weighted by molar-refractivity contribution is 0.0692. The van der Waals surface area contributed by atoms with E-state index >= 15 is 0 Å². The normalized spacial score (nSPS) is 22.5. The number of nitrogens with zero attached hydrogens (tertiary/aromatic N) is 1. The van der Waals surface area contributed by atoms with Crippen LogP contribution in [-0.2, 0) is 0 Å². The van der Waals surface area contributed by atoms with Gasteiger partial charge in [0.05, 0.1) is 0 Å². The van der Waals surface area contributed by atoms with Gasteiger partial charge >= 0.3 is 5.97 Å². The summed E-state index contributed by atoms with van der Waals surface area (Å²) in [5.74, 6) is -0.648. The molecule has 5 heteroatoms.